The Morgan fingerprint density at radius 1 is 1.04 bits per heavy atom. The van der Waals surface area contributed by atoms with Crippen molar-refractivity contribution in [2.24, 2.45) is 0 Å². The second-order valence-corrected chi connectivity index (χ2v) is 7.10. The number of piperidine rings is 1. The zero-order chi connectivity index (χ0) is 18.4. The highest BCUT2D eigenvalue weighted by atomic mass is 16.1. The van der Waals surface area contributed by atoms with E-state index in [4.69, 9.17) is 0 Å². The minimum absolute atomic E-state index is 0.160. The van der Waals surface area contributed by atoms with Gasteiger partial charge in [-0.25, -0.2) is 9.97 Å². The summed E-state index contributed by atoms with van der Waals surface area (Å²) in [5.41, 5.74) is 4.72. The zero-order valence-electron chi connectivity index (χ0n) is 15.1. The number of hydrogen-bond donors (Lipinski definition) is 1. The number of aryl methyl sites for hydroxylation is 1. The van der Waals surface area contributed by atoms with E-state index in [1.54, 1.807) is 6.07 Å². The van der Waals surface area contributed by atoms with Crippen LogP contribution in [0.4, 0.5) is 0 Å². The molecule has 0 spiro atoms. The van der Waals surface area contributed by atoms with E-state index in [2.05, 4.69) is 20.4 Å². The molecular formula is C20H20N6O. The molecule has 7 heteroatoms. The van der Waals surface area contributed by atoms with Crippen molar-refractivity contribution < 1.29 is 0 Å². The van der Waals surface area contributed by atoms with Crippen LogP contribution in [-0.2, 0) is 0 Å². The summed E-state index contributed by atoms with van der Waals surface area (Å²) in [6.07, 6.45) is 6.00. The van der Waals surface area contributed by atoms with Gasteiger partial charge in [-0.15, -0.1) is 0 Å². The lowest BCUT2D eigenvalue weighted by Crippen LogP contribution is -2.28. The van der Waals surface area contributed by atoms with Crippen LogP contribution in [0.3, 0.4) is 0 Å². The number of pyridine rings is 1. The maximum Gasteiger partial charge on any atom is 0.275 e. The number of hydrogen-bond acceptors (Lipinski definition) is 5. The van der Waals surface area contributed by atoms with Gasteiger partial charge in [0.1, 0.15) is 5.65 Å². The van der Waals surface area contributed by atoms with Crippen LogP contribution in [0, 0.1) is 6.92 Å². The first kappa shape index (κ1) is 16.1. The van der Waals surface area contributed by atoms with Crippen LogP contribution in [0.25, 0.3) is 22.6 Å². The standard InChI is InChI=1S/C20H20N6O/c1-13-11-25-12-15(2-4-18(25)22-13)17-10-20(27)26-19(23-17)5-3-16(24-26)14-6-8-21-9-7-14/h2-5,10-12,14,21H,6-9H2,1H3. The largest absolute Gasteiger partial charge is 0.317 e. The molecule has 136 valence electrons. The molecule has 0 unspecified atom stereocenters. The molecule has 4 aromatic rings. The van der Waals surface area contributed by atoms with E-state index in [1.165, 1.54) is 4.52 Å². The lowest BCUT2D eigenvalue weighted by atomic mass is 9.94. The summed E-state index contributed by atoms with van der Waals surface area (Å²) < 4.78 is 3.37. The Hall–Kier alpha value is -3.06. The summed E-state index contributed by atoms with van der Waals surface area (Å²) >= 11 is 0. The minimum atomic E-state index is -0.160. The van der Waals surface area contributed by atoms with Gasteiger partial charge in [0.25, 0.3) is 5.56 Å². The highest BCUT2D eigenvalue weighted by Gasteiger charge is 2.17. The van der Waals surface area contributed by atoms with Crippen LogP contribution in [0.5, 0.6) is 0 Å². The molecule has 0 aliphatic carbocycles. The Labute approximate surface area is 155 Å². The Morgan fingerprint density at radius 2 is 1.85 bits per heavy atom. The van der Waals surface area contributed by atoms with E-state index in [0.29, 0.717) is 17.3 Å². The Balaban J connectivity index is 1.58. The SMILES string of the molecule is Cc1cn2cc(-c3cc(=O)n4nc(C5CCNCC5)ccc4n3)ccc2n1. The highest BCUT2D eigenvalue weighted by Crippen LogP contribution is 2.23. The van der Waals surface area contributed by atoms with Gasteiger partial charge >= 0.3 is 0 Å². The zero-order valence-corrected chi connectivity index (χ0v) is 15.1. The van der Waals surface area contributed by atoms with Gasteiger partial charge in [0.2, 0.25) is 0 Å². The molecule has 1 fully saturated rings. The molecule has 4 aromatic heterocycles. The molecule has 1 aliphatic heterocycles. The number of nitrogens with zero attached hydrogens (tertiary/aromatic N) is 5. The summed E-state index contributed by atoms with van der Waals surface area (Å²) in [6.45, 7) is 3.94. The molecule has 0 saturated carbocycles. The molecule has 1 aliphatic rings. The summed E-state index contributed by atoms with van der Waals surface area (Å²) in [6, 6.07) is 9.33. The van der Waals surface area contributed by atoms with Crippen LogP contribution < -0.4 is 10.9 Å². The summed E-state index contributed by atoms with van der Waals surface area (Å²) in [5, 5.41) is 7.94. The highest BCUT2D eigenvalue weighted by molar-refractivity contribution is 5.62. The van der Waals surface area contributed by atoms with Gasteiger partial charge in [0.05, 0.1) is 17.1 Å². The Morgan fingerprint density at radius 3 is 2.70 bits per heavy atom. The van der Waals surface area contributed by atoms with Crippen LogP contribution in [0.15, 0.2) is 47.5 Å². The number of imidazole rings is 1. The summed E-state index contributed by atoms with van der Waals surface area (Å²) in [7, 11) is 0. The number of fused-ring (bicyclic) bond motifs is 2. The van der Waals surface area contributed by atoms with Gasteiger partial charge in [0.15, 0.2) is 5.65 Å². The number of nitrogens with one attached hydrogen (secondary N) is 1. The van der Waals surface area contributed by atoms with Gasteiger partial charge in [-0.1, -0.05) is 0 Å². The van der Waals surface area contributed by atoms with Crippen molar-refractivity contribution >= 4 is 11.3 Å². The molecule has 1 N–H and O–H groups in total. The fourth-order valence-corrected chi connectivity index (χ4v) is 3.76. The van der Waals surface area contributed by atoms with Crippen LogP contribution in [0.1, 0.15) is 30.1 Å². The van der Waals surface area contributed by atoms with E-state index >= 15 is 0 Å². The van der Waals surface area contributed by atoms with Crippen LogP contribution >= 0.6 is 0 Å². The van der Waals surface area contributed by atoms with E-state index in [1.807, 2.05) is 48.0 Å². The maximum atomic E-state index is 12.7. The van der Waals surface area contributed by atoms with Gasteiger partial charge < -0.3 is 9.72 Å². The molecule has 7 nitrogen and oxygen atoms in total. The van der Waals surface area contributed by atoms with E-state index < -0.39 is 0 Å². The molecule has 5 rings (SSSR count). The van der Waals surface area contributed by atoms with Gasteiger partial charge in [-0.2, -0.15) is 9.61 Å². The molecule has 5 heterocycles. The van der Waals surface area contributed by atoms with Crippen molar-refractivity contribution in [1.29, 1.82) is 0 Å². The van der Waals surface area contributed by atoms with Crippen molar-refractivity contribution in [3.8, 4) is 11.3 Å². The van der Waals surface area contributed by atoms with E-state index in [0.717, 1.165) is 48.5 Å². The van der Waals surface area contributed by atoms with Crippen molar-refractivity contribution in [2.75, 3.05) is 13.1 Å². The lowest BCUT2D eigenvalue weighted by Gasteiger charge is -2.22. The average molecular weight is 360 g/mol. The Bertz CT molecular complexity index is 1200. The quantitative estimate of drug-likeness (QED) is 0.593. The van der Waals surface area contributed by atoms with Crippen molar-refractivity contribution in [3.05, 3.63) is 64.5 Å². The van der Waals surface area contributed by atoms with Gasteiger partial charge in [-0.05, 0) is 57.1 Å². The summed E-state index contributed by atoms with van der Waals surface area (Å²) in [5.74, 6) is 0.397. The first-order valence-corrected chi connectivity index (χ1v) is 9.25. The van der Waals surface area contributed by atoms with Crippen molar-refractivity contribution in [2.45, 2.75) is 25.7 Å². The van der Waals surface area contributed by atoms with Gasteiger partial charge in [0, 0.05) is 29.9 Å². The molecule has 0 atom stereocenters. The molecule has 0 bridgehead atoms. The molecule has 0 radical (unpaired) electrons. The third-order valence-corrected chi connectivity index (χ3v) is 5.16. The smallest absolute Gasteiger partial charge is 0.275 e. The number of rotatable bonds is 2. The number of aromatic nitrogens is 5. The molecule has 1 saturated heterocycles. The predicted octanol–water partition coefficient (Wildman–Crippen LogP) is 2.18. The molecule has 0 amide bonds. The van der Waals surface area contributed by atoms with Crippen LogP contribution in [-0.4, -0.2) is 37.1 Å². The normalized spacial score (nSPS) is 15.6. The fourth-order valence-electron chi connectivity index (χ4n) is 3.76. The summed E-state index contributed by atoms with van der Waals surface area (Å²) in [4.78, 5) is 21.8. The van der Waals surface area contributed by atoms with E-state index in [-0.39, 0.29) is 5.56 Å². The molecule has 0 aromatic carbocycles. The first-order valence-electron chi connectivity index (χ1n) is 9.25. The van der Waals surface area contributed by atoms with Gasteiger partial charge in [-0.3, -0.25) is 4.79 Å². The minimum Gasteiger partial charge on any atom is -0.317 e. The topological polar surface area (TPSA) is 76.6 Å². The Kier molecular flexibility index (Phi) is 3.75. The lowest BCUT2D eigenvalue weighted by molar-refractivity contribution is 0.448. The van der Waals surface area contributed by atoms with Crippen molar-refractivity contribution in [3.63, 3.8) is 0 Å². The fraction of sp³-hybridized carbons (Fsp3) is 0.300. The molecular weight excluding hydrogens is 340 g/mol. The molecule has 27 heavy (non-hydrogen) atoms. The maximum absolute atomic E-state index is 12.7. The van der Waals surface area contributed by atoms with E-state index in [9.17, 15) is 4.79 Å². The second kappa shape index (κ2) is 6.28. The third-order valence-electron chi connectivity index (χ3n) is 5.16. The first-order chi connectivity index (χ1) is 13.2. The second-order valence-electron chi connectivity index (χ2n) is 7.10. The van der Waals surface area contributed by atoms with Crippen molar-refractivity contribution in [1.82, 2.24) is 29.3 Å². The predicted molar refractivity (Wildman–Crippen MR) is 103 cm³/mol. The monoisotopic (exact) mass is 360 g/mol. The van der Waals surface area contributed by atoms with Crippen LogP contribution in [0.2, 0.25) is 0 Å². The average Bonchev–Trinajstić information content (AvgIpc) is 3.07. The third kappa shape index (κ3) is 2.90.